The Morgan fingerprint density at radius 3 is 1.78 bits per heavy atom. The van der Waals surface area contributed by atoms with Gasteiger partial charge in [-0.1, -0.05) is 11.6 Å². The van der Waals surface area contributed by atoms with E-state index in [2.05, 4.69) is 0 Å². The molecule has 2 N–H and O–H groups in total. The molecule has 0 fully saturated rings. The molecule has 0 bridgehead atoms. The molecule has 1 aromatic rings. The maximum Gasteiger partial charge on any atom is 0.435 e. The van der Waals surface area contributed by atoms with Crippen LogP contribution in [0.25, 0.3) is 0 Å². The number of rotatable bonds is 3. The molecule has 0 spiro atoms. The van der Waals surface area contributed by atoms with E-state index >= 15 is 0 Å². The van der Waals surface area contributed by atoms with Gasteiger partial charge in [0, 0.05) is 11.6 Å². The summed E-state index contributed by atoms with van der Waals surface area (Å²) < 4.78 is 126. The molecule has 0 aromatic heterocycles. The van der Waals surface area contributed by atoms with Crippen LogP contribution in [0.15, 0.2) is 17.0 Å². The number of hydrogen-bond donors (Lipinski definition) is 1. The first kappa shape index (κ1) is 20.0. The average molecular weight is 394 g/mol. The van der Waals surface area contributed by atoms with E-state index in [4.69, 9.17) is 17.3 Å². The van der Waals surface area contributed by atoms with E-state index < -0.39 is 56.1 Å². The standard InChI is InChI=1S/C10H5ClF9NOS/c11-4-1-3(2-5(6(4)21)23(22)7(12)13)8(14,9(15,16)17)10(18,19)20/h1-2,7H,21H2. The lowest BCUT2D eigenvalue weighted by molar-refractivity contribution is -0.348. The molecule has 23 heavy (non-hydrogen) atoms. The number of nitrogens with two attached hydrogens (primary N) is 1. The highest BCUT2D eigenvalue weighted by atomic mass is 35.5. The second-order valence-electron chi connectivity index (χ2n) is 4.08. The number of hydrogen-bond acceptors (Lipinski definition) is 2. The molecular formula is C10H5ClF9NOS. The van der Waals surface area contributed by atoms with Crippen molar-refractivity contribution in [3.63, 3.8) is 0 Å². The largest absolute Gasteiger partial charge is 0.607 e. The van der Waals surface area contributed by atoms with Crippen LogP contribution < -0.4 is 5.73 Å². The Morgan fingerprint density at radius 1 is 1.00 bits per heavy atom. The topological polar surface area (TPSA) is 49.1 Å². The zero-order valence-corrected chi connectivity index (χ0v) is 12.0. The minimum Gasteiger partial charge on any atom is -0.607 e. The van der Waals surface area contributed by atoms with Gasteiger partial charge in [-0.15, -0.1) is 0 Å². The molecule has 0 amide bonds. The van der Waals surface area contributed by atoms with Gasteiger partial charge in [0.1, 0.15) is 5.69 Å². The van der Waals surface area contributed by atoms with Gasteiger partial charge in [0.2, 0.25) is 0 Å². The van der Waals surface area contributed by atoms with Crippen molar-refractivity contribution in [1.82, 2.24) is 0 Å². The highest BCUT2D eigenvalue weighted by molar-refractivity contribution is 7.91. The van der Waals surface area contributed by atoms with Gasteiger partial charge in [-0.05, 0) is 6.07 Å². The molecule has 132 valence electrons. The Hall–Kier alpha value is -1.01. The Labute approximate surface area is 130 Å². The van der Waals surface area contributed by atoms with Crippen molar-refractivity contribution in [3.8, 4) is 0 Å². The van der Waals surface area contributed by atoms with Crippen LogP contribution in [-0.2, 0) is 16.8 Å². The van der Waals surface area contributed by atoms with E-state index in [-0.39, 0.29) is 12.1 Å². The highest BCUT2D eigenvalue weighted by Gasteiger charge is 2.73. The normalized spacial score (nSPS) is 15.1. The van der Waals surface area contributed by atoms with E-state index in [0.717, 1.165) is 0 Å². The lowest BCUT2D eigenvalue weighted by Crippen LogP contribution is -2.50. The number of nitrogen functional groups attached to an aromatic ring is 1. The summed E-state index contributed by atoms with van der Waals surface area (Å²) in [6.45, 7) is 0. The monoisotopic (exact) mass is 393 g/mol. The van der Waals surface area contributed by atoms with Crippen molar-refractivity contribution in [2.45, 2.75) is 28.7 Å². The van der Waals surface area contributed by atoms with Crippen LogP contribution in [0.2, 0.25) is 5.02 Å². The predicted molar refractivity (Wildman–Crippen MR) is 63.2 cm³/mol. The van der Waals surface area contributed by atoms with Gasteiger partial charge in [-0.25, -0.2) is 4.39 Å². The molecule has 0 saturated carbocycles. The van der Waals surface area contributed by atoms with Gasteiger partial charge >= 0.3 is 23.8 Å². The van der Waals surface area contributed by atoms with Crippen molar-refractivity contribution in [1.29, 1.82) is 0 Å². The molecular weight excluding hydrogens is 389 g/mol. The van der Waals surface area contributed by atoms with Crippen LogP contribution in [-0.4, -0.2) is 22.7 Å². The number of halogens is 10. The number of benzene rings is 1. The van der Waals surface area contributed by atoms with Crippen LogP contribution >= 0.6 is 11.6 Å². The average Bonchev–Trinajstić information content (AvgIpc) is 2.37. The summed E-state index contributed by atoms with van der Waals surface area (Å²) in [5.41, 5.74) is -3.89. The lowest BCUT2D eigenvalue weighted by Gasteiger charge is -2.30. The molecule has 0 aliphatic heterocycles. The first-order valence-corrected chi connectivity index (χ1v) is 6.84. The van der Waals surface area contributed by atoms with E-state index in [1.165, 1.54) is 0 Å². The molecule has 0 saturated heterocycles. The quantitative estimate of drug-likeness (QED) is 0.465. The predicted octanol–water partition coefficient (Wildman–Crippen LogP) is 4.54. The highest BCUT2D eigenvalue weighted by Crippen LogP contribution is 2.54. The van der Waals surface area contributed by atoms with E-state index in [1.807, 2.05) is 0 Å². The van der Waals surface area contributed by atoms with Gasteiger partial charge in [-0.3, -0.25) is 0 Å². The summed E-state index contributed by atoms with van der Waals surface area (Å²) >= 11 is 1.87. The van der Waals surface area contributed by atoms with Crippen molar-refractivity contribution in [2.75, 3.05) is 5.73 Å². The fourth-order valence-electron chi connectivity index (χ4n) is 1.54. The Morgan fingerprint density at radius 2 is 1.43 bits per heavy atom. The van der Waals surface area contributed by atoms with Crippen LogP contribution in [0.3, 0.4) is 0 Å². The fourth-order valence-corrected chi connectivity index (χ4v) is 2.58. The molecule has 1 unspecified atom stereocenters. The van der Waals surface area contributed by atoms with Gasteiger partial charge in [0.05, 0.1) is 16.2 Å². The second kappa shape index (κ2) is 6.13. The van der Waals surface area contributed by atoms with Gasteiger partial charge in [0.25, 0.3) is 0 Å². The van der Waals surface area contributed by atoms with Crippen molar-refractivity contribution in [3.05, 3.63) is 22.7 Å². The van der Waals surface area contributed by atoms with Crippen LogP contribution in [0.4, 0.5) is 45.2 Å². The summed E-state index contributed by atoms with van der Waals surface area (Å²) in [6, 6.07) is -0.394. The minimum atomic E-state index is -6.48. The molecule has 1 atom stereocenters. The maximum absolute atomic E-state index is 13.9. The zero-order valence-electron chi connectivity index (χ0n) is 10.4. The first-order valence-electron chi connectivity index (χ1n) is 5.25. The van der Waals surface area contributed by atoms with Gasteiger partial charge in [0.15, 0.2) is 4.90 Å². The fraction of sp³-hybridized carbons (Fsp3) is 0.400. The summed E-state index contributed by atoms with van der Waals surface area (Å²) in [4.78, 5) is -1.34. The van der Waals surface area contributed by atoms with Gasteiger partial charge in [-0.2, -0.15) is 35.1 Å². The van der Waals surface area contributed by atoms with E-state index in [0.29, 0.717) is 0 Å². The third-order valence-electron chi connectivity index (χ3n) is 2.65. The lowest BCUT2D eigenvalue weighted by atomic mass is 9.94. The molecule has 2 nitrogen and oxygen atoms in total. The molecule has 13 heteroatoms. The Bertz CT molecular complexity index is 575. The van der Waals surface area contributed by atoms with Gasteiger partial charge < -0.3 is 10.3 Å². The van der Waals surface area contributed by atoms with Crippen molar-refractivity contribution in [2.24, 2.45) is 0 Å². The molecule has 1 rings (SSSR count). The van der Waals surface area contributed by atoms with Crippen LogP contribution in [0.1, 0.15) is 5.56 Å². The van der Waals surface area contributed by atoms with Crippen molar-refractivity contribution >= 4 is 28.5 Å². The summed E-state index contributed by atoms with van der Waals surface area (Å²) in [5.74, 6) is -3.69. The SMILES string of the molecule is Nc1c(Cl)cc(C(F)(C(F)(F)F)C(F)(F)F)cc1[S+]([O-])C(F)F. The maximum atomic E-state index is 13.9. The Kier molecular flexibility index (Phi) is 5.34. The molecule has 0 aliphatic rings. The molecule has 0 radical (unpaired) electrons. The molecule has 0 aliphatic carbocycles. The van der Waals surface area contributed by atoms with E-state index in [1.54, 1.807) is 0 Å². The third-order valence-corrected chi connectivity index (χ3v) is 4.06. The third kappa shape index (κ3) is 3.43. The minimum absolute atomic E-state index is 0.107. The number of alkyl halides is 9. The summed E-state index contributed by atoms with van der Waals surface area (Å²) in [7, 11) is 0. The summed E-state index contributed by atoms with van der Waals surface area (Å²) in [6.07, 6.45) is -13.0. The van der Waals surface area contributed by atoms with Crippen LogP contribution in [0.5, 0.6) is 0 Å². The summed E-state index contributed by atoms with van der Waals surface area (Å²) in [5, 5.41) is -1.08. The molecule has 1 aromatic carbocycles. The Balaban J connectivity index is 3.71. The van der Waals surface area contributed by atoms with Crippen molar-refractivity contribution < 1.29 is 44.1 Å². The van der Waals surface area contributed by atoms with E-state index in [9.17, 15) is 44.1 Å². The van der Waals surface area contributed by atoms with Crippen LogP contribution in [0, 0.1) is 0 Å². The number of anilines is 1. The first-order chi connectivity index (χ1) is 10.1. The zero-order chi connectivity index (χ0) is 18.4. The molecule has 0 heterocycles. The second-order valence-corrected chi connectivity index (χ2v) is 5.88. The smallest absolute Gasteiger partial charge is 0.435 e.